The Morgan fingerprint density at radius 2 is 1.89 bits per heavy atom. The summed E-state index contributed by atoms with van der Waals surface area (Å²) >= 11 is 0. The summed E-state index contributed by atoms with van der Waals surface area (Å²) in [6, 6.07) is 10.2. The summed E-state index contributed by atoms with van der Waals surface area (Å²) in [6.07, 6.45) is 7.02. The lowest BCUT2D eigenvalue weighted by molar-refractivity contribution is -0.140. The maximum Gasteiger partial charge on any atom is 0.225 e. The van der Waals surface area contributed by atoms with E-state index >= 15 is 0 Å². The van der Waals surface area contributed by atoms with E-state index in [1.807, 2.05) is 44.4 Å². The molecule has 4 heterocycles. The number of aromatic nitrogens is 5. The first-order valence-electron chi connectivity index (χ1n) is 13.1. The molecular formula is C28H32N8O. The van der Waals surface area contributed by atoms with Gasteiger partial charge in [0.2, 0.25) is 11.9 Å². The number of carbonyl (C=O) groups excluding carboxylic acids is 1. The Morgan fingerprint density at radius 1 is 1.05 bits per heavy atom. The second-order valence-corrected chi connectivity index (χ2v) is 10.2. The lowest BCUT2D eigenvalue weighted by atomic mass is 9.84. The van der Waals surface area contributed by atoms with E-state index in [1.165, 1.54) is 12.0 Å². The smallest absolute Gasteiger partial charge is 0.225 e. The van der Waals surface area contributed by atoms with Crippen molar-refractivity contribution in [1.82, 2.24) is 34.7 Å². The number of piperazine rings is 1. The van der Waals surface area contributed by atoms with Gasteiger partial charge in [-0.1, -0.05) is 12.5 Å². The van der Waals surface area contributed by atoms with E-state index in [9.17, 15) is 4.79 Å². The summed E-state index contributed by atoms with van der Waals surface area (Å²) in [6.45, 7) is 8.21. The number of H-pyrrole nitrogens is 1. The molecule has 190 valence electrons. The molecule has 1 aliphatic heterocycles. The molecular weight excluding hydrogens is 464 g/mol. The van der Waals surface area contributed by atoms with Crippen molar-refractivity contribution in [3.05, 3.63) is 59.7 Å². The molecule has 2 N–H and O–H groups in total. The first-order chi connectivity index (χ1) is 18.0. The zero-order chi connectivity index (χ0) is 25.4. The number of fused-ring (bicyclic) bond motifs is 1. The Hall–Kier alpha value is -3.85. The zero-order valence-electron chi connectivity index (χ0n) is 21.4. The molecule has 4 aromatic rings. The molecule has 0 atom stereocenters. The van der Waals surface area contributed by atoms with E-state index in [4.69, 9.17) is 4.98 Å². The van der Waals surface area contributed by atoms with Crippen LogP contribution in [0, 0.1) is 19.8 Å². The Bertz CT molecular complexity index is 1440. The predicted molar refractivity (Wildman–Crippen MR) is 143 cm³/mol. The van der Waals surface area contributed by atoms with Crippen molar-refractivity contribution in [2.24, 2.45) is 5.92 Å². The van der Waals surface area contributed by atoms with Crippen LogP contribution in [-0.2, 0) is 11.3 Å². The lowest BCUT2D eigenvalue weighted by Gasteiger charge is -2.38. The Balaban J connectivity index is 1.11. The highest BCUT2D eigenvalue weighted by molar-refractivity contribution is 5.83. The molecule has 37 heavy (non-hydrogen) atoms. The third-order valence-electron chi connectivity index (χ3n) is 7.46. The van der Waals surface area contributed by atoms with Crippen molar-refractivity contribution in [2.45, 2.75) is 39.7 Å². The van der Waals surface area contributed by atoms with Crippen molar-refractivity contribution in [1.29, 1.82) is 0 Å². The monoisotopic (exact) mass is 496 g/mol. The van der Waals surface area contributed by atoms with Gasteiger partial charge in [0.25, 0.3) is 0 Å². The van der Waals surface area contributed by atoms with Crippen LogP contribution in [0.25, 0.3) is 22.3 Å². The molecule has 1 amide bonds. The summed E-state index contributed by atoms with van der Waals surface area (Å²) in [4.78, 5) is 38.4. The number of aryl methyl sites for hydroxylation is 2. The van der Waals surface area contributed by atoms with Gasteiger partial charge in [0.15, 0.2) is 0 Å². The number of nitrogens with one attached hydrogen (secondary N) is 2. The van der Waals surface area contributed by atoms with Crippen molar-refractivity contribution in [3.63, 3.8) is 0 Å². The molecule has 1 aromatic carbocycles. The maximum atomic E-state index is 12.5. The van der Waals surface area contributed by atoms with Gasteiger partial charge in [-0.15, -0.1) is 0 Å². The molecule has 2 fully saturated rings. The number of hydrogen-bond acceptors (Lipinski definition) is 7. The van der Waals surface area contributed by atoms with Crippen LogP contribution in [0.4, 0.5) is 11.8 Å². The van der Waals surface area contributed by atoms with Gasteiger partial charge in [0.05, 0.1) is 16.7 Å². The third-order valence-corrected chi connectivity index (χ3v) is 7.46. The third kappa shape index (κ3) is 5.04. The summed E-state index contributed by atoms with van der Waals surface area (Å²) < 4.78 is 0. The highest BCUT2D eigenvalue weighted by Gasteiger charge is 2.31. The fourth-order valence-electron chi connectivity index (χ4n) is 5.10. The minimum Gasteiger partial charge on any atom is -0.340 e. The van der Waals surface area contributed by atoms with E-state index in [2.05, 4.69) is 47.2 Å². The number of rotatable bonds is 6. The molecule has 0 spiro atoms. The Morgan fingerprint density at radius 3 is 2.68 bits per heavy atom. The average Bonchev–Trinajstić information content (AvgIpc) is 3.26. The van der Waals surface area contributed by atoms with Gasteiger partial charge in [-0.25, -0.2) is 19.9 Å². The average molecular weight is 497 g/mol. The van der Waals surface area contributed by atoms with Crippen LogP contribution < -0.4 is 5.32 Å². The maximum absolute atomic E-state index is 12.5. The molecule has 0 radical (unpaired) electrons. The minimum atomic E-state index is 0.283. The first-order valence-corrected chi connectivity index (χ1v) is 13.1. The largest absolute Gasteiger partial charge is 0.340 e. The van der Waals surface area contributed by atoms with Crippen molar-refractivity contribution >= 4 is 28.7 Å². The number of anilines is 2. The van der Waals surface area contributed by atoms with Gasteiger partial charge in [-0.05, 0) is 62.1 Å². The fourth-order valence-corrected chi connectivity index (χ4v) is 5.10. The number of nitrogens with zero attached hydrogens (tertiary/aromatic N) is 6. The number of benzene rings is 1. The summed E-state index contributed by atoms with van der Waals surface area (Å²) in [5.74, 6) is 2.79. The van der Waals surface area contributed by atoms with Crippen LogP contribution in [-0.4, -0.2) is 66.8 Å². The lowest BCUT2D eigenvalue weighted by Crippen LogP contribution is -2.50. The number of amides is 1. The molecule has 9 heteroatoms. The number of hydrogen-bond donors (Lipinski definition) is 2. The minimum absolute atomic E-state index is 0.283. The number of aromatic amines is 1. The highest BCUT2D eigenvalue weighted by atomic mass is 16.2. The van der Waals surface area contributed by atoms with Crippen LogP contribution in [0.1, 0.15) is 36.2 Å². The van der Waals surface area contributed by atoms with Crippen molar-refractivity contribution < 1.29 is 4.79 Å². The summed E-state index contributed by atoms with van der Waals surface area (Å²) in [5.41, 5.74) is 5.99. The van der Waals surface area contributed by atoms with Gasteiger partial charge >= 0.3 is 0 Å². The van der Waals surface area contributed by atoms with E-state index < -0.39 is 0 Å². The van der Waals surface area contributed by atoms with Crippen LogP contribution >= 0.6 is 0 Å². The van der Waals surface area contributed by atoms with E-state index in [-0.39, 0.29) is 5.92 Å². The Labute approximate surface area is 216 Å². The second-order valence-electron chi connectivity index (χ2n) is 10.2. The molecule has 3 aromatic heterocycles. The van der Waals surface area contributed by atoms with Crippen LogP contribution in [0.15, 0.2) is 42.7 Å². The first kappa shape index (κ1) is 23.5. The van der Waals surface area contributed by atoms with Crippen LogP contribution in [0.5, 0.6) is 0 Å². The fraction of sp³-hybridized carbons (Fsp3) is 0.393. The second kappa shape index (κ2) is 9.89. The van der Waals surface area contributed by atoms with Crippen LogP contribution in [0.3, 0.4) is 0 Å². The van der Waals surface area contributed by atoms with Crippen molar-refractivity contribution in [3.8, 4) is 11.3 Å². The number of pyridine rings is 1. The van der Waals surface area contributed by atoms with Gasteiger partial charge in [0, 0.05) is 56.6 Å². The van der Waals surface area contributed by atoms with E-state index in [0.29, 0.717) is 11.9 Å². The molecule has 2 aliphatic rings. The van der Waals surface area contributed by atoms with E-state index in [1.54, 1.807) is 0 Å². The molecule has 6 rings (SSSR count). The molecule has 1 saturated carbocycles. The quantitative estimate of drug-likeness (QED) is 0.412. The van der Waals surface area contributed by atoms with Gasteiger partial charge in [-0.2, -0.15) is 0 Å². The standard InChI is InChI=1S/C28H32N8O/c1-18-16-30-19(2)31-26(18)22-6-7-23-24(15-22)33-28(32-23)34-25-14-20(8-9-29-25)17-35-10-12-36(13-11-35)27(37)21-4-3-5-21/h6-9,14-16,21H,3-5,10-13,17H2,1-2H3,(H2,29,32,33,34). The zero-order valence-corrected chi connectivity index (χ0v) is 21.4. The van der Waals surface area contributed by atoms with Crippen LogP contribution in [0.2, 0.25) is 0 Å². The van der Waals surface area contributed by atoms with Crippen molar-refractivity contribution in [2.75, 3.05) is 31.5 Å². The van der Waals surface area contributed by atoms with E-state index in [0.717, 1.165) is 85.1 Å². The van der Waals surface area contributed by atoms with Gasteiger partial charge in [-0.3, -0.25) is 9.69 Å². The molecule has 1 aliphatic carbocycles. The normalized spacial score (nSPS) is 16.6. The summed E-state index contributed by atoms with van der Waals surface area (Å²) in [5, 5.41) is 3.32. The molecule has 1 saturated heterocycles. The highest BCUT2D eigenvalue weighted by Crippen LogP contribution is 2.29. The number of imidazole rings is 1. The molecule has 0 bridgehead atoms. The van der Waals surface area contributed by atoms with Gasteiger partial charge < -0.3 is 15.2 Å². The Kier molecular flexibility index (Phi) is 6.30. The molecule has 9 nitrogen and oxygen atoms in total. The van der Waals surface area contributed by atoms with Gasteiger partial charge in [0.1, 0.15) is 11.6 Å². The topological polar surface area (TPSA) is 103 Å². The predicted octanol–water partition coefficient (Wildman–Crippen LogP) is 4.22. The number of carbonyl (C=O) groups is 1. The SMILES string of the molecule is Cc1ncc(C)c(-c2ccc3nc(Nc4cc(CN5CCN(C(=O)C6CCC6)CC5)ccn4)[nH]c3c2)n1. The molecule has 0 unspecified atom stereocenters. The summed E-state index contributed by atoms with van der Waals surface area (Å²) in [7, 11) is 0.